The summed E-state index contributed by atoms with van der Waals surface area (Å²) in [7, 11) is 1.64. The van der Waals surface area contributed by atoms with Crippen LogP contribution < -0.4 is 9.47 Å². The first-order valence-electron chi connectivity index (χ1n) is 11.0. The molecule has 0 amide bonds. The number of carbonyl (C=O) groups excluding carboxylic acids is 1. The van der Waals surface area contributed by atoms with Gasteiger partial charge in [-0.05, 0) is 41.8 Å². The number of Topliss-reactive ketones (excluding diaryl/α,β-unsaturated/α-hetero) is 1. The highest BCUT2D eigenvalue weighted by molar-refractivity contribution is 6.00. The molecule has 0 atom stereocenters. The average molecular weight is 428 g/mol. The molecule has 3 aromatic carbocycles. The minimum atomic E-state index is 0.216. The smallest absolute Gasteiger partial charge is 0.161 e. The van der Waals surface area contributed by atoms with E-state index in [0.29, 0.717) is 31.1 Å². The Morgan fingerprint density at radius 2 is 1.72 bits per heavy atom. The van der Waals surface area contributed by atoms with Gasteiger partial charge >= 0.3 is 0 Å². The summed E-state index contributed by atoms with van der Waals surface area (Å²) in [5.74, 6) is 1.57. The molecule has 1 aliphatic rings. The molecule has 1 fully saturated rings. The van der Waals surface area contributed by atoms with E-state index in [1.165, 1.54) is 11.1 Å². The van der Waals surface area contributed by atoms with Gasteiger partial charge in [0.2, 0.25) is 0 Å². The summed E-state index contributed by atoms with van der Waals surface area (Å²) >= 11 is 0. The Bertz CT molecular complexity index is 1090. The Labute approximate surface area is 190 Å². The van der Waals surface area contributed by atoms with Crippen molar-refractivity contribution in [3.05, 3.63) is 101 Å². The number of aryl methyl sites for hydroxylation is 1. The van der Waals surface area contributed by atoms with Crippen LogP contribution in [0.4, 0.5) is 0 Å². The number of ketones is 1. The Morgan fingerprint density at radius 3 is 2.47 bits per heavy atom. The molecule has 4 nitrogen and oxygen atoms in total. The summed E-state index contributed by atoms with van der Waals surface area (Å²) in [6.45, 7) is 4.84. The fraction of sp³-hybridized carbons (Fsp3) is 0.250. The average Bonchev–Trinajstić information content (AvgIpc) is 2.82. The molecule has 1 heterocycles. The maximum Gasteiger partial charge on any atom is 0.161 e. The highest BCUT2D eigenvalue weighted by Gasteiger charge is 2.21. The number of hydrogen-bond acceptors (Lipinski definition) is 4. The van der Waals surface area contributed by atoms with E-state index in [1.54, 1.807) is 7.11 Å². The fourth-order valence-electron chi connectivity index (χ4n) is 3.87. The molecule has 0 radical (unpaired) electrons. The summed E-state index contributed by atoms with van der Waals surface area (Å²) in [5, 5.41) is 0. The number of rotatable bonds is 7. The van der Waals surface area contributed by atoms with E-state index >= 15 is 0 Å². The van der Waals surface area contributed by atoms with E-state index in [4.69, 9.17) is 9.47 Å². The van der Waals surface area contributed by atoms with Crippen LogP contribution in [0.25, 0.3) is 6.08 Å². The molecule has 3 aromatic rings. The first kappa shape index (κ1) is 21.8. The third-order valence-corrected chi connectivity index (χ3v) is 5.70. The molecule has 0 bridgehead atoms. The molecular weight excluding hydrogens is 398 g/mol. The van der Waals surface area contributed by atoms with Crippen molar-refractivity contribution in [3.8, 4) is 11.5 Å². The van der Waals surface area contributed by atoms with Crippen molar-refractivity contribution < 1.29 is 14.3 Å². The third kappa shape index (κ3) is 5.65. The second-order valence-electron chi connectivity index (χ2n) is 8.22. The van der Waals surface area contributed by atoms with Crippen molar-refractivity contribution in [2.45, 2.75) is 26.5 Å². The molecule has 0 saturated carbocycles. The fourth-order valence-corrected chi connectivity index (χ4v) is 3.87. The molecule has 1 aliphatic heterocycles. The lowest BCUT2D eigenvalue weighted by Gasteiger charge is -2.28. The molecule has 32 heavy (non-hydrogen) atoms. The molecule has 4 heteroatoms. The van der Waals surface area contributed by atoms with Crippen LogP contribution in [0.3, 0.4) is 0 Å². The lowest BCUT2D eigenvalue weighted by Crippen LogP contribution is -2.35. The third-order valence-electron chi connectivity index (χ3n) is 5.70. The predicted molar refractivity (Wildman–Crippen MR) is 128 cm³/mol. The quantitative estimate of drug-likeness (QED) is 0.471. The number of hydrogen-bond donors (Lipinski definition) is 0. The normalized spacial score (nSPS) is 15.7. The number of piperidine rings is 1. The molecule has 0 aromatic heterocycles. The maximum absolute atomic E-state index is 12.6. The van der Waals surface area contributed by atoms with Gasteiger partial charge in [-0.1, -0.05) is 66.2 Å². The Kier molecular flexibility index (Phi) is 7.03. The van der Waals surface area contributed by atoms with Crippen molar-refractivity contribution in [1.82, 2.24) is 4.90 Å². The first-order chi connectivity index (χ1) is 15.6. The molecule has 0 aliphatic carbocycles. The monoisotopic (exact) mass is 427 g/mol. The number of nitrogens with zero attached hydrogens (tertiary/aromatic N) is 1. The number of ether oxygens (including phenoxy) is 2. The zero-order chi connectivity index (χ0) is 22.3. The van der Waals surface area contributed by atoms with Gasteiger partial charge in [0, 0.05) is 31.6 Å². The highest BCUT2D eigenvalue weighted by atomic mass is 16.5. The lowest BCUT2D eigenvalue weighted by atomic mass is 9.99. The second kappa shape index (κ2) is 10.3. The van der Waals surface area contributed by atoms with Gasteiger partial charge in [0.1, 0.15) is 6.61 Å². The minimum Gasteiger partial charge on any atom is -0.493 e. The van der Waals surface area contributed by atoms with E-state index in [-0.39, 0.29) is 5.78 Å². The zero-order valence-electron chi connectivity index (χ0n) is 18.7. The van der Waals surface area contributed by atoms with E-state index in [0.717, 1.165) is 29.8 Å². The molecule has 0 N–H and O–H groups in total. The van der Waals surface area contributed by atoms with E-state index in [1.807, 2.05) is 30.3 Å². The predicted octanol–water partition coefficient (Wildman–Crippen LogP) is 5.44. The number of likely N-dealkylation sites (tertiary alicyclic amines) is 1. The summed E-state index contributed by atoms with van der Waals surface area (Å²) in [5.41, 5.74) is 5.37. The van der Waals surface area contributed by atoms with Crippen LogP contribution in [0.5, 0.6) is 11.5 Å². The van der Waals surface area contributed by atoms with E-state index in [2.05, 4.69) is 60.4 Å². The Hall–Kier alpha value is -3.37. The van der Waals surface area contributed by atoms with Crippen LogP contribution in [0, 0.1) is 6.92 Å². The van der Waals surface area contributed by atoms with Crippen molar-refractivity contribution in [3.63, 3.8) is 0 Å². The van der Waals surface area contributed by atoms with Gasteiger partial charge in [0.25, 0.3) is 0 Å². The van der Waals surface area contributed by atoms with Gasteiger partial charge in [0.05, 0.1) is 7.11 Å². The van der Waals surface area contributed by atoms with Crippen molar-refractivity contribution in [1.29, 1.82) is 0 Å². The molecule has 4 rings (SSSR count). The molecule has 164 valence electrons. The van der Waals surface area contributed by atoms with Gasteiger partial charge in [-0.2, -0.15) is 0 Å². The van der Waals surface area contributed by atoms with Crippen LogP contribution in [-0.4, -0.2) is 30.9 Å². The van der Waals surface area contributed by atoms with Crippen LogP contribution >= 0.6 is 0 Å². The van der Waals surface area contributed by atoms with Gasteiger partial charge in [-0.15, -0.1) is 0 Å². The Balaban J connectivity index is 1.46. The topological polar surface area (TPSA) is 38.8 Å². The minimum absolute atomic E-state index is 0.216. The summed E-state index contributed by atoms with van der Waals surface area (Å²) < 4.78 is 11.5. The summed E-state index contributed by atoms with van der Waals surface area (Å²) in [6, 6.07) is 24.5. The number of carbonyl (C=O) groups is 1. The van der Waals surface area contributed by atoms with Gasteiger partial charge in [-0.25, -0.2) is 0 Å². The number of methoxy groups -OCH3 is 1. The van der Waals surface area contributed by atoms with Crippen molar-refractivity contribution >= 4 is 11.9 Å². The Morgan fingerprint density at radius 1 is 0.938 bits per heavy atom. The molecule has 0 unspecified atom stereocenters. The van der Waals surface area contributed by atoms with Gasteiger partial charge < -0.3 is 9.47 Å². The first-order valence-corrected chi connectivity index (χ1v) is 11.0. The SMILES string of the molecule is COc1cc(/C=C2\CN(Cc3ccccc3)CCC2=O)ccc1OCc1ccc(C)cc1. The lowest BCUT2D eigenvalue weighted by molar-refractivity contribution is -0.117. The van der Waals surface area contributed by atoms with Gasteiger partial charge in [0.15, 0.2) is 17.3 Å². The van der Waals surface area contributed by atoms with Crippen LogP contribution in [0.2, 0.25) is 0 Å². The van der Waals surface area contributed by atoms with Crippen LogP contribution in [0.1, 0.15) is 28.7 Å². The van der Waals surface area contributed by atoms with E-state index < -0.39 is 0 Å². The van der Waals surface area contributed by atoms with E-state index in [9.17, 15) is 4.79 Å². The molecule has 0 spiro atoms. The second-order valence-corrected chi connectivity index (χ2v) is 8.22. The van der Waals surface area contributed by atoms with Crippen LogP contribution in [0.15, 0.2) is 78.4 Å². The standard InChI is InChI=1S/C28H29NO3/c1-21-8-10-23(11-9-21)20-32-27-13-12-24(17-28(27)31-2)16-25-19-29(15-14-26(25)30)18-22-6-4-3-5-7-22/h3-13,16-17H,14-15,18-20H2,1-2H3/b25-16+. The number of benzene rings is 3. The van der Waals surface area contributed by atoms with Gasteiger partial charge in [-0.3, -0.25) is 9.69 Å². The molecular formula is C28H29NO3. The summed E-state index contributed by atoms with van der Waals surface area (Å²) in [6.07, 6.45) is 2.53. The maximum atomic E-state index is 12.6. The van der Waals surface area contributed by atoms with Crippen LogP contribution in [-0.2, 0) is 17.9 Å². The largest absolute Gasteiger partial charge is 0.493 e. The summed E-state index contributed by atoms with van der Waals surface area (Å²) in [4.78, 5) is 14.9. The zero-order valence-corrected chi connectivity index (χ0v) is 18.7. The molecule has 1 saturated heterocycles. The van der Waals surface area contributed by atoms with Crippen molar-refractivity contribution in [2.24, 2.45) is 0 Å². The highest BCUT2D eigenvalue weighted by Crippen LogP contribution is 2.30. The van der Waals surface area contributed by atoms with Crippen molar-refractivity contribution in [2.75, 3.05) is 20.2 Å².